The number of para-hydroxylation sites is 2. The highest BCUT2D eigenvalue weighted by atomic mass is 15.3. The number of nitrogens with zero attached hydrogens (tertiary/aromatic N) is 4. The minimum Gasteiger partial charge on any atom is -0.327 e. The first-order valence-corrected chi connectivity index (χ1v) is 7.87. The number of rotatable bonds is 6. The van der Waals surface area contributed by atoms with Crippen LogP contribution in [0.1, 0.15) is 32.6 Å². The highest BCUT2D eigenvalue weighted by Gasteiger charge is 2.15. The lowest BCUT2D eigenvalue weighted by Gasteiger charge is -2.21. The van der Waals surface area contributed by atoms with Crippen molar-refractivity contribution in [2.24, 2.45) is 0 Å². The zero-order valence-electron chi connectivity index (χ0n) is 13.4. The summed E-state index contributed by atoms with van der Waals surface area (Å²) in [5.74, 6) is 1.09. The summed E-state index contributed by atoms with van der Waals surface area (Å²) in [6.07, 6.45) is 3.82. The molecule has 0 spiro atoms. The molecule has 2 atom stereocenters. The number of benzene rings is 1. The lowest BCUT2D eigenvalue weighted by Crippen LogP contribution is -2.34. The molecule has 0 radical (unpaired) electrons. The molecule has 3 aromatic rings. The fraction of sp³-hybridized carbons (Fsp3) is 0.412. The monoisotopic (exact) mass is 297 g/mol. The number of fused-ring (bicyclic) bond motifs is 1. The van der Waals surface area contributed by atoms with Crippen molar-refractivity contribution < 1.29 is 0 Å². The van der Waals surface area contributed by atoms with Crippen LogP contribution in [-0.4, -0.2) is 25.4 Å². The van der Waals surface area contributed by atoms with Gasteiger partial charge in [0.15, 0.2) is 0 Å². The minimum absolute atomic E-state index is 0.300. The van der Waals surface area contributed by atoms with E-state index in [-0.39, 0.29) is 0 Å². The van der Waals surface area contributed by atoms with Gasteiger partial charge in [0.2, 0.25) is 0 Å². The van der Waals surface area contributed by atoms with Crippen molar-refractivity contribution in [3.63, 3.8) is 0 Å². The molecule has 116 valence electrons. The van der Waals surface area contributed by atoms with E-state index in [2.05, 4.69) is 54.0 Å². The van der Waals surface area contributed by atoms with Gasteiger partial charge in [-0.1, -0.05) is 12.1 Å². The number of hydrogen-bond acceptors (Lipinski definition) is 3. The lowest BCUT2D eigenvalue weighted by atomic mass is 10.2. The van der Waals surface area contributed by atoms with Crippen LogP contribution in [0.3, 0.4) is 0 Å². The molecule has 0 aliphatic heterocycles. The van der Waals surface area contributed by atoms with Crippen LogP contribution in [0.4, 0.5) is 0 Å². The van der Waals surface area contributed by atoms with Crippen molar-refractivity contribution in [1.82, 2.24) is 24.6 Å². The van der Waals surface area contributed by atoms with E-state index >= 15 is 0 Å². The Kier molecular flexibility index (Phi) is 4.24. The summed E-state index contributed by atoms with van der Waals surface area (Å²) in [5, 5.41) is 7.90. The van der Waals surface area contributed by atoms with Crippen LogP contribution in [0.15, 0.2) is 42.7 Å². The lowest BCUT2D eigenvalue weighted by molar-refractivity contribution is 0.360. The highest BCUT2D eigenvalue weighted by molar-refractivity contribution is 5.75. The smallest absolute Gasteiger partial charge is 0.123 e. The second kappa shape index (κ2) is 6.32. The maximum atomic E-state index is 4.76. The Morgan fingerprint density at radius 1 is 1.18 bits per heavy atom. The third kappa shape index (κ3) is 2.76. The van der Waals surface area contributed by atoms with Gasteiger partial charge in [0.05, 0.1) is 23.6 Å². The first kappa shape index (κ1) is 14.8. The normalized spacial score (nSPS) is 14.3. The molecule has 0 bridgehead atoms. The van der Waals surface area contributed by atoms with Crippen LogP contribution in [0.5, 0.6) is 0 Å². The Morgan fingerprint density at radius 2 is 2.00 bits per heavy atom. The van der Waals surface area contributed by atoms with Crippen molar-refractivity contribution in [2.75, 3.05) is 0 Å². The minimum atomic E-state index is 0.300. The molecule has 0 saturated carbocycles. The van der Waals surface area contributed by atoms with Crippen LogP contribution in [-0.2, 0) is 13.1 Å². The van der Waals surface area contributed by atoms with Crippen molar-refractivity contribution in [1.29, 1.82) is 0 Å². The van der Waals surface area contributed by atoms with Gasteiger partial charge in [-0.15, -0.1) is 0 Å². The van der Waals surface area contributed by atoms with Crippen LogP contribution in [0.25, 0.3) is 11.0 Å². The first-order chi connectivity index (χ1) is 10.7. The Morgan fingerprint density at radius 3 is 2.73 bits per heavy atom. The Balaban J connectivity index is 1.73. The summed E-state index contributed by atoms with van der Waals surface area (Å²) in [4.78, 5) is 4.76. The molecule has 22 heavy (non-hydrogen) atoms. The van der Waals surface area contributed by atoms with Gasteiger partial charge in [-0.3, -0.25) is 4.68 Å². The van der Waals surface area contributed by atoms with Crippen LogP contribution >= 0.6 is 0 Å². The average molecular weight is 297 g/mol. The van der Waals surface area contributed by atoms with Gasteiger partial charge in [0.1, 0.15) is 5.82 Å². The predicted octanol–water partition coefficient (Wildman–Crippen LogP) is 2.99. The summed E-state index contributed by atoms with van der Waals surface area (Å²) in [6, 6.07) is 10.9. The number of aryl methyl sites for hydroxylation is 1. The quantitative estimate of drug-likeness (QED) is 0.761. The maximum Gasteiger partial charge on any atom is 0.123 e. The summed E-state index contributed by atoms with van der Waals surface area (Å²) in [6.45, 7) is 8.21. The third-order valence-electron chi connectivity index (χ3n) is 4.30. The van der Waals surface area contributed by atoms with Gasteiger partial charge in [-0.25, -0.2) is 4.98 Å². The second-order valence-corrected chi connectivity index (χ2v) is 5.66. The zero-order valence-corrected chi connectivity index (χ0v) is 13.4. The summed E-state index contributed by atoms with van der Waals surface area (Å²) < 4.78 is 4.26. The van der Waals surface area contributed by atoms with Crippen molar-refractivity contribution >= 4 is 11.0 Å². The van der Waals surface area contributed by atoms with Crippen molar-refractivity contribution in [3.05, 3.63) is 48.5 Å². The molecule has 2 unspecified atom stereocenters. The average Bonchev–Trinajstić information content (AvgIpc) is 3.18. The fourth-order valence-electron chi connectivity index (χ4n) is 2.79. The molecular formula is C17H23N5. The zero-order chi connectivity index (χ0) is 15.5. The summed E-state index contributed by atoms with van der Waals surface area (Å²) in [5.41, 5.74) is 2.27. The molecule has 0 amide bonds. The largest absolute Gasteiger partial charge is 0.327 e. The SMILES string of the molecule is CCn1c(CNC(C)C(C)n2cccn2)nc2ccccc21. The molecule has 3 rings (SSSR count). The van der Waals surface area contributed by atoms with E-state index in [1.807, 2.05) is 29.2 Å². The topological polar surface area (TPSA) is 47.7 Å². The predicted molar refractivity (Wildman–Crippen MR) is 88.6 cm³/mol. The van der Waals surface area contributed by atoms with E-state index in [1.165, 1.54) is 5.52 Å². The van der Waals surface area contributed by atoms with E-state index in [0.29, 0.717) is 12.1 Å². The van der Waals surface area contributed by atoms with Crippen molar-refractivity contribution in [3.8, 4) is 0 Å². The molecule has 0 aliphatic rings. The molecule has 0 fully saturated rings. The fourth-order valence-corrected chi connectivity index (χ4v) is 2.79. The molecule has 0 aliphatic carbocycles. The van der Waals surface area contributed by atoms with E-state index in [9.17, 15) is 0 Å². The molecule has 2 heterocycles. The molecule has 5 nitrogen and oxygen atoms in total. The summed E-state index contributed by atoms with van der Waals surface area (Å²) in [7, 11) is 0. The molecule has 0 saturated heterocycles. The molecule has 1 N–H and O–H groups in total. The first-order valence-electron chi connectivity index (χ1n) is 7.87. The highest BCUT2D eigenvalue weighted by Crippen LogP contribution is 2.16. The van der Waals surface area contributed by atoms with Gasteiger partial charge in [-0.2, -0.15) is 5.10 Å². The van der Waals surface area contributed by atoms with Crippen LogP contribution < -0.4 is 5.32 Å². The Hall–Kier alpha value is -2.14. The van der Waals surface area contributed by atoms with E-state index in [4.69, 9.17) is 4.98 Å². The second-order valence-electron chi connectivity index (χ2n) is 5.66. The van der Waals surface area contributed by atoms with Gasteiger partial charge in [0.25, 0.3) is 0 Å². The molecule has 5 heteroatoms. The number of nitrogens with one attached hydrogen (secondary N) is 1. The van der Waals surface area contributed by atoms with E-state index in [0.717, 1.165) is 24.4 Å². The van der Waals surface area contributed by atoms with Crippen LogP contribution in [0.2, 0.25) is 0 Å². The number of imidazole rings is 1. The van der Waals surface area contributed by atoms with Crippen LogP contribution in [0, 0.1) is 0 Å². The van der Waals surface area contributed by atoms with Gasteiger partial charge in [0, 0.05) is 25.0 Å². The van der Waals surface area contributed by atoms with Gasteiger partial charge >= 0.3 is 0 Å². The third-order valence-corrected chi connectivity index (χ3v) is 4.30. The Bertz CT molecular complexity index is 729. The van der Waals surface area contributed by atoms with Crippen molar-refractivity contribution in [2.45, 2.75) is 45.9 Å². The van der Waals surface area contributed by atoms with Gasteiger partial charge < -0.3 is 9.88 Å². The standard InChI is InChI=1S/C17H23N5/c1-4-21-16-9-6-5-8-15(16)20-17(21)12-18-13(2)14(3)22-11-7-10-19-22/h5-11,13-14,18H,4,12H2,1-3H3. The summed E-state index contributed by atoms with van der Waals surface area (Å²) >= 11 is 0. The molecular weight excluding hydrogens is 274 g/mol. The molecule has 1 aromatic carbocycles. The molecule has 2 aromatic heterocycles. The van der Waals surface area contributed by atoms with Gasteiger partial charge in [-0.05, 0) is 39.0 Å². The van der Waals surface area contributed by atoms with E-state index < -0.39 is 0 Å². The Labute approximate surface area is 131 Å². The number of hydrogen-bond donors (Lipinski definition) is 1. The van der Waals surface area contributed by atoms with E-state index in [1.54, 1.807) is 0 Å². The maximum absolute atomic E-state index is 4.76. The number of aromatic nitrogens is 4.